The van der Waals surface area contributed by atoms with Gasteiger partial charge in [0.05, 0.1) is 5.56 Å². The van der Waals surface area contributed by atoms with Crippen molar-refractivity contribution in [3.63, 3.8) is 0 Å². The van der Waals surface area contributed by atoms with Crippen molar-refractivity contribution in [1.82, 2.24) is 4.98 Å². The number of rotatable bonds is 4. The highest BCUT2D eigenvalue weighted by Gasteiger charge is 2.21. The van der Waals surface area contributed by atoms with E-state index in [9.17, 15) is 4.79 Å². The van der Waals surface area contributed by atoms with E-state index in [0.717, 1.165) is 16.8 Å². The van der Waals surface area contributed by atoms with E-state index < -0.39 is 0 Å². The van der Waals surface area contributed by atoms with Gasteiger partial charge in [0, 0.05) is 30.7 Å². The fraction of sp³-hybridized carbons (Fsp3) is 0.294. The lowest BCUT2D eigenvalue weighted by molar-refractivity contribution is 0.0980. The molecule has 1 amide bonds. The van der Waals surface area contributed by atoms with E-state index in [2.05, 4.69) is 4.98 Å². The number of benzene rings is 1. The Labute approximate surface area is 125 Å². The lowest BCUT2D eigenvalue weighted by Gasteiger charge is -2.27. The summed E-state index contributed by atoms with van der Waals surface area (Å²) in [7, 11) is 0. The fourth-order valence-electron chi connectivity index (χ4n) is 2.25. The van der Waals surface area contributed by atoms with Gasteiger partial charge in [0.2, 0.25) is 0 Å². The highest BCUT2D eigenvalue weighted by Crippen LogP contribution is 2.21. The molecule has 0 spiro atoms. The van der Waals surface area contributed by atoms with E-state index in [1.165, 1.54) is 0 Å². The maximum Gasteiger partial charge on any atom is 0.260 e. The maximum atomic E-state index is 12.8. The minimum atomic E-state index is -0.0401. The molecule has 1 heterocycles. The first-order valence-corrected chi connectivity index (χ1v) is 7.07. The van der Waals surface area contributed by atoms with Gasteiger partial charge in [-0.25, -0.2) is 0 Å². The topological polar surface area (TPSA) is 59.2 Å². The third-order valence-corrected chi connectivity index (χ3v) is 3.31. The molecule has 0 saturated heterocycles. The van der Waals surface area contributed by atoms with Gasteiger partial charge in [0.15, 0.2) is 0 Å². The fourth-order valence-corrected chi connectivity index (χ4v) is 2.25. The van der Waals surface area contributed by atoms with Crippen LogP contribution in [0.2, 0.25) is 0 Å². The smallest absolute Gasteiger partial charge is 0.260 e. The maximum absolute atomic E-state index is 12.8. The second-order valence-corrected chi connectivity index (χ2v) is 5.39. The molecule has 2 N–H and O–H groups in total. The van der Waals surface area contributed by atoms with Crippen LogP contribution in [0.3, 0.4) is 0 Å². The van der Waals surface area contributed by atoms with Crippen molar-refractivity contribution in [1.29, 1.82) is 0 Å². The third-order valence-electron chi connectivity index (χ3n) is 3.31. The Kier molecular flexibility index (Phi) is 4.70. The Morgan fingerprint density at radius 1 is 1.24 bits per heavy atom. The van der Waals surface area contributed by atoms with Crippen molar-refractivity contribution in [2.45, 2.75) is 33.4 Å². The molecule has 2 rings (SSSR count). The van der Waals surface area contributed by atoms with Crippen molar-refractivity contribution >= 4 is 11.6 Å². The summed E-state index contributed by atoms with van der Waals surface area (Å²) in [4.78, 5) is 18.6. The summed E-state index contributed by atoms with van der Waals surface area (Å²) in [5.41, 5.74) is 9.11. The summed E-state index contributed by atoms with van der Waals surface area (Å²) in [5.74, 6) is -0.0401. The molecule has 0 fully saturated rings. The Balaban J connectivity index is 2.36. The number of aromatic nitrogens is 1. The van der Waals surface area contributed by atoms with Crippen LogP contribution in [-0.2, 0) is 6.54 Å². The average molecular weight is 283 g/mol. The molecule has 0 saturated carbocycles. The van der Waals surface area contributed by atoms with Gasteiger partial charge >= 0.3 is 0 Å². The standard InChI is InChI=1S/C17H21N3O/c1-12(2)20(16-6-4-14(9-18)5-7-16)17(21)15-8-13(3)10-19-11-15/h4-8,10-12H,9,18H2,1-3H3. The van der Waals surface area contributed by atoms with Crippen molar-refractivity contribution in [3.05, 3.63) is 59.4 Å². The number of nitrogens with two attached hydrogens (primary N) is 1. The van der Waals surface area contributed by atoms with Crippen LogP contribution in [0.1, 0.15) is 35.3 Å². The quantitative estimate of drug-likeness (QED) is 0.938. The molecule has 1 aromatic heterocycles. The largest absolute Gasteiger partial charge is 0.326 e. The molecule has 0 radical (unpaired) electrons. The van der Waals surface area contributed by atoms with Crippen LogP contribution in [0.4, 0.5) is 5.69 Å². The lowest BCUT2D eigenvalue weighted by atomic mass is 10.1. The summed E-state index contributed by atoms with van der Waals surface area (Å²) < 4.78 is 0. The van der Waals surface area contributed by atoms with Crippen molar-refractivity contribution in [2.75, 3.05) is 4.90 Å². The predicted octanol–water partition coefficient (Wildman–Crippen LogP) is 2.90. The third kappa shape index (κ3) is 3.47. The summed E-state index contributed by atoms with van der Waals surface area (Å²) >= 11 is 0. The molecule has 0 unspecified atom stereocenters. The zero-order chi connectivity index (χ0) is 15.4. The highest BCUT2D eigenvalue weighted by atomic mass is 16.2. The molecule has 0 atom stereocenters. The molecule has 110 valence electrons. The molecule has 0 aliphatic rings. The first kappa shape index (κ1) is 15.2. The van der Waals surface area contributed by atoms with Gasteiger partial charge in [-0.15, -0.1) is 0 Å². The minimum Gasteiger partial charge on any atom is -0.326 e. The van der Waals surface area contributed by atoms with Gasteiger partial charge in [-0.3, -0.25) is 9.78 Å². The van der Waals surface area contributed by atoms with E-state index >= 15 is 0 Å². The monoisotopic (exact) mass is 283 g/mol. The van der Waals surface area contributed by atoms with E-state index in [-0.39, 0.29) is 11.9 Å². The zero-order valence-corrected chi connectivity index (χ0v) is 12.7. The number of carbonyl (C=O) groups is 1. The van der Waals surface area contributed by atoms with E-state index in [1.54, 1.807) is 17.3 Å². The second kappa shape index (κ2) is 6.50. The number of pyridine rings is 1. The first-order chi connectivity index (χ1) is 10.0. The van der Waals surface area contributed by atoms with Gasteiger partial charge in [-0.2, -0.15) is 0 Å². The number of hydrogen-bond acceptors (Lipinski definition) is 3. The minimum absolute atomic E-state index is 0.0401. The SMILES string of the molecule is Cc1cncc(C(=O)N(c2ccc(CN)cc2)C(C)C)c1. The summed E-state index contributed by atoms with van der Waals surface area (Å²) in [6.45, 7) is 6.42. The van der Waals surface area contributed by atoms with Crippen molar-refractivity contribution in [2.24, 2.45) is 5.73 Å². The Morgan fingerprint density at radius 3 is 2.43 bits per heavy atom. The Bertz CT molecular complexity index is 620. The summed E-state index contributed by atoms with van der Waals surface area (Å²) in [6, 6.07) is 9.69. The van der Waals surface area contributed by atoms with E-state index in [1.807, 2.05) is 51.1 Å². The number of nitrogens with zero attached hydrogens (tertiary/aromatic N) is 2. The van der Waals surface area contributed by atoms with Crippen LogP contribution in [0, 0.1) is 6.92 Å². The normalized spacial score (nSPS) is 10.7. The van der Waals surface area contributed by atoms with E-state index in [0.29, 0.717) is 12.1 Å². The number of hydrogen-bond donors (Lipinski definition) is 1. The second-order valence-electron chi connectivity index (χ2n) is 5.39. The number of aryl methyl sites for hydroxylation is 1. The van der Waals surface area contributed by atoms with Crippen LogP contribution in [0.15, 0.2) is 42.7 Å². The van der Waals surface area contributed by atoms with Crippen LogP contribution >= 0.6 is 0 Å². The highest BCUT2D eigenvalue weighted by molar-refractivity contribution is 6.06. The molecule has 1 aromatic carbocycles. The lowest BCUT2D eigenvalue weighted by Crippen LogP contribution is -2.37. The van der Waals surface area contributed by atoms with Gasteiger partial charge in [0.25, 0.3) is 5.91 Å². The molecule has 21 heavy (non-hydrogen) atoms. The van der Waals surface area contributed by atoms with E-state index in [4.69, 9.17) is 5.73 Å². The molecular formula is C17H21N3O. The molecule has 2 aromatic rings. The summed E-state index contributed by atoms with van der Waals surface area (Å²) in [5, 5.41) is 0. The van der Waals surface area contributed by atoms with Crippen LogP contribution in [0.25, 0.3) is 0 Å². The van der Waals surface area contributed by atoms with Crippen molar-refractivity contribution < 1.29 is 4.79 Å². The Hall–Kier alpha value is -2.20. The molecular weight excluding hydrogens is 262 g/mol. The number of amides is 1. The molecule has 0 aliphatic heterocycles. The molecule has 4 heteroatoms. The molecule has 0 aliphatic carbocycles. The van der Waals surface area contributed by atoms with Gasteiger partial charge in [0.1, 0.15) is 0 Å². The molecule has 4 nitrogen and oxygen atoms in total. The van der Waals surface area contributed by atoms with Crippen LogP contribution in [-0.4, -0.2) is 16.9 Å². The van der Waals surface area contributed by atoms with Crippen LogP contribution < -0.4 is 10.6 Å². The summed E-state index contributed by atoms with van der Waals surface area (Å²) in [6.07, 6.45) is 3.35. The van der Waals surface area contributed by atoms with Gasteiger partial charge in [-0.05, 0) is 50.1 Å². The van der Waals surface area contributed by atoms with Crippen molar-refractivity contribution in [3.8, 4) is 0 Å². The zero-order valence-electron chi connectivity index (χ0n) is 12.7. The Morgan fingerprint density at radius 2 is 1.90 bits per heavy atom. The van der Waals surface area contributed by atoms with Crippen LogP contribution in [0.5, 0.6) is 0 Å². The van der Waals surface area contributed by atoms with Gasteiger partial charge in [-0.1, -0.05) is 12.1 Å². The first-order valence-electron chi connectivity index (χ1n) is 7.07. The average Bonchev–Trinajstić information content (AvgIpc) is 2.47. The van der Waals surface area contributed by atoms with Gasteiger partial charge < -0.3 is 10.6 Å². The number of carbonyl (C=O) groups excluding carboxylic acids is 1. The number of anilines is 1. The molecule has 0 bridgehead atoms. The predicted molar refractivity (Wildman–Crippen MR) is 85.3 cm³/mol.